The van der Waals surface area contributed by atoms with Crippen LogP contribution >= 0.6 is 0 Å². The predicted molar refractivity (Wildman–Crippen MR) is 78.8 cm³/mol. The summed E-state index contributed by atoms with van der Waals surface area (Å²) in [7, 11) is 0. The molecule has 1 N–H and O–H groups in total. The highest BCUT2D eigenvalue weighted by atomic mass is 16.6. The molecule has 0 spiro atoms. The Morgan fingerprint density at radius 2 is 2.00 bits per heavy atom. The van der Waals surface area contributed by atoms with Crippen molar-refractivity contribution in [3.8, 4) is 6.07 Å². The molecule has 1 aromatic carbocycles. The third-order valence-electron chi connectivity index (χ3n) is 3.23. The third kappa shape index (κ3) is 3.15. The third-order valence-corrected chi connectivity index (χ3v) is 3.23. The number of benzene rings is 1. The summed E-state index contributed by atoms with van der Waals surface area (Å²) < 4.78 is 0. The number of rotatable bonds is 4. The molecule has 2 aromatic rings. The molecule has 106 valence electrons. The molecule has 0 amide bonds. The van der Waals surface area contributed by atoms with E-state index in [2.05, 4.69) is 10.3 Å². The first kappa shape index (κ1) is 14.5. The van der Waals surface area contributed by atoms with E-state index in [0.29, 0.717) is 28.9 Å². The van der Waals surface area contributed by atoms with Gasteiger partial charge in [0.2, 0.25) is 0 Å². The fourth-order valence-corrected chi connectivity index (χ4v) is 2.07. The summed E-state index contributed by atoms with van der Waals surface area (Å²) in [6.07, 6.45) is 1.51. The van der Waals surface area contributed by atoms with E-state index >= 15 is 0 Å². The normalized spacial score (nSPS) is 9.95. The predicted octanol–water partition coefficient (Wildman–Crippen LogP) is 3.09. The van der Waals surface area contributed by atoms with Crippen LogP contribution in [0.3, 0.4) is 0 Å². The summed E-state index contributed by atoms with van der Waals surface area (Å²) >= 11 is 0. The molecule has 0 radical (unpaired) electrons. The standard InChI is InChI=1S/C15H14N4O2/c1-10-8-18-14(11(2)15(10)19(20)21)9-17-13-5-3-12(7-16)4-6-13/h3-6,8,17H,9H2,1-2H3. The monoisotopic (exact) mass is 282 g/mol. The maximum atomic E-state index is 11.1. The van der Waals surface area contributed by atoms with Crippen molar-refractivity contribution in [2.24, 2.45) is 0 Å². The molecule has 0 bridgehead atoms. The summed E-state index contributed by atoms with van der Waals surface area (Å²) in [5.74, 6) is 0. The van der Waals surface area contributed by atoms with Crippen molar-refractivity contribution in [2.75, 3.05) is 5.32 Å². The molecule has 21 heavy (non-hydrogen) atoms. The van der Waals surface area contributed by atoms with Crippen LogP contribution in [0.15, 0.2) is 30.5 Å². The summed E-state index contributed by atoms with van der Waals surface area (Å²) in [6.45, 7) is 3.77. The van der Waals surface area contributed by atoms with Gasteiger partial charge in [-0.1, -0.05) is 0 Å². The van der Waals surface area contributed by atoms with Gasteiger partial charge in [-0.25, -0.2) is 0 Å². The van der Waals surface area contributed by atoms with E-state index in [4.69, 9.17) is 5.26 Å². The van der Waals surface area contributed by atoms with Gasteiger partial charge in [0.05, 0.1) is 34.4 Å². The molecular formula is C15H14N4O2. The number of aromatic nitrogens is 1. The number of pyridine rings is 1. The van der Waals surface area contributed by atoms with Crippen molar-refractivity contribution >= 4 is 11.4 Å². The van der Waals surface area contributed by atoms with Crippen LogP contribution in [0.2, 0.25) is 0 Å². The molecule has 0 unspecified atom stereocenters. The smallest absolute Gasteiger partial charge is 0.278 e. The van der Waals surface area contributed by atoms with E-state index in [0.717, 1.165) is 5.69 Å². The molecule has 2 rings (SSSR count). The zero-order valence-electron chi connectivity index (χ0n) is 11.8. The van der Waals surface area contributed by atoms with Crippen LogP contribution in [0.5, 0.6) is 0 Å². The molecule has 0 atom stereocenters. The van der Waals surface area contributed by atoms with Gasteiger partial charge in [-0.15, -0.1) is 0 Å². The van der Waals surface area contributed by atoms with Crippen LogP contribution in [0.4, 0.5) is 11.4 Å². The minimum absolute atomic E-state index is 0.113. The van der Waals surface area contributed by atoms with Gasteiger partial charge in [0.25, 0.3) is 5.69 Å². The van der Waals surface area contributed by atoms with Gasteiger partial charge in [-0.05, 0) is 38.1 Å². The second kappa shape index (κ2) is 6.01. The average molecular weight is 282 g/mol. The number of hydrogen-bond donors (Lipinski definition) is 1. The highest BCUT2D eigenvalue weighted by molar-refractivity contribution is 5.50. The van der Waals surface area contributed by atoms with E-state index in [1.165, 1.54) is 6.20 Å². The Balaban J connectivity index is 2.18. The topological polar surface area (TPSA) is 91.8 Å². The summed E-state index contributed by atoms with van der Waals surface area (Å²) in [5.41, 5.74) is 3.29. The molecule has 1 aromatic heterocycles. The van der Waals surface area contributed by atoms with Gasteiger partial charge >= 0.3 is 0 Å². The van der Waals surface area contributed by atoms with Gasteiger partial charge < -0.3 is 5.32 Å². The molecule has 0 fully saturated rings. The molecule has 0 aliphatic rings. The van der Waals surface area contributed by atoms with Crippen LogP contribution in [0, 0.1) is 35.3 Å². The maximum absolute atomic E-state index is 11.1. The molecule has 0 saturated heterocycles. The molecule has 6 nitrogen and oxygen atoms in total. The van der Waals surface area contributed by atoms with E-state index in [9.17, 15) is 10.1 Å². The Morgan fingerprint density at radius 1 is 1.33 bits per heavy atom. The van der Waals surface area contributed by atoms with Crippen molar-refractivity contribution in [1.29, 1.82) is 5.26 Å². The lowest BCUT2D eigenvalue weighted by atomic mass is 10.1. The number of nitro groups is 1. The van der Waals surface area contributed by atoms with Gasteiger partial charge in [-0.3, -0.25) is 15.1 Å². The quantitative estimate of drug-likeness (QED) is 0.687. The highest BCUT2D eigenvalue weighted by Crippen LogP contribution is 2.24. The van der Waals surface area contributed by atoms with Gasteiger partial charge in [0.1, 0.15) is 0 Å². The second-order valence-electron chi connectivity index (χ2n) is 4.66. The largest absolute Gasteiger partial charge is 0.379 e. The first-order valence-corrected chi connectivity index (χ1v) is 6.36. The maximum Gasteiger partial charge on any atom is 0.278 e. The van der Waals surface area contributed by atoms with E-state index in [1.54, 1.807) is 38.1 Å². The molecule has 1 heterocycles. The van der Waals surface area contributed by atoms with E-state index in [-0.39, 0.29) is 10.6 Å². The molecule has 0 aliphatic carbocycles. The first-order valence-electron chi connectivity index (χ1n) is 6.36. The number of hydrogen-bond acceptors (Lipinski definition) is 5. The lowest BCUT2D eigenvalue weighted by molar-refractivity contribution is -0.386. The molecule has 6 heteroatoms. The van der Waals surface area contributed by atoms with Crippen molar-refractivity contribution < 1.29 is 4.92 Å². The van der Waals surface area contributed by atoms with Crippen molar-refractivity contribution in [1.82, 2.24) is 4.98 Å². The summed E-state index contributed by atoms with van der Waals surface area (Å²) in [5, 5.41) is 22.9. The Bertz CT molecular complexity index is 718. The van der Waals surface area contributed by atoms with Crippen LogP contribution in [-0.2, 0) is 6.54 Å². The van der Waals surface area contributed by atoms with Gasteiger partial charge in [0.15, 0.2) is 0 Å². The van der Waals surface area contributed by atoms with E-state index < -0.39 is 0 Å². The Hall–Kier alpha value is -2.94. The highest BCUT2D eigenvalue weighted by Gasteiger charge is 2.18. The van der Waals surface area contributed by atoms with Crippen LogP contribution < -0.4 is 5.32 Å². The first-order chi connectivity index (χ1) is 10.0. The molecule has 0 saturated carbocycles. The minimum Gasteiger partial charge on any atom is -0.379 e. The van der Waals surface area contributed by atoms with Crippen molar-refractivity contribution in [3.63, 3.8) is 0 Å². The summed E-state index contributed by atoms with van der Waals surface area (Å²) in [4.78, 5) is 14.9. The average Bonchev–Trinajstić information content (AvgIpc) is 2.46. The number of nitrogens with zero attached hydrogens (tertiary/aromatic N) is 3. The van der Waals surface area contributed by atoms with Gasteiger partial charge in [-0.2, -0.15) is 5.26 Å². The number of anilines is 1. The zero-order chi connectivity index (χ0) is 15.4. The number of nitrogens with one attached hydrogen (secondary N) is 1. The lowest BCUT2D eigenvalue weighted by Gasteiger charge is -2.09. The van der Waals surface area contributed by atoms with E-state index in [1.807, 2.05) is 6.07 Å². The summed E-state index contributed by atoms with van der Waals surface area (Å²) in [6, 6.07) is 9.04. The van der Waals surface area contributed by atoms with Gasteiger partial charge in [0, 0.05) is 17.4 Å². The van der Waals surface area contributed by atoms with Crippen molar-refractivity contribution in [3.05, 3.63) is 63.0 Å². The Kier molecular flexibility index (Phi) is 4.14. The van der Waals surface area contributed by atoms with Crippen LogP contribution in [0.25, 0.3) is 0 Å². The van der Waals surface area contributed by atoms with Crippen LogP contribution in [-0.4, -0.2) is 9.91 Å². The Labute approximate surface area is 122 Å². The van der Waals surface area contributed by atoms with Crippen LogP contribution in [0.1, 0.15) is 22.4 Å². The number of nitriles is 1. The number of aryl methyl sites for hydroxylation is 1. The fraction of sp³-hybridized carbons (Fsp3) is 0.200. The SMILES string of the molecule is Cc1cnc(CNc2ccc(C#N)cc2)c(C)c1[N+](=O)[O-]. The fourth-order valence-electron chi connectivity index (χ4n) is 2.07. The molecular weight excluding hydrogens is 268 g/mol. The second-order valence-corrected chi connectivity index (χ2v) is 4.66. The lowest BCUT2D eigenvalue weighted by Crippen LogP contribution is -2.07. The molecule has 0 aliphatic heterocycles. The Morgan fingerprint density at radius 3 is 2.57 bits per heavy atom. The zero-order valence-corrected chi connectivity index (χ0v) is 11.8. The minimum atomic E-state index is -0.377. The van der Waals surface area contributed by atoms with Crippen molar-refractivity contribution in [2.45, 2.75) is 20.4 Å².